The van der Waals surface area contributed by atoms with Crippen molar-refractivity contribution in [3.05, 3.63) is 0 Å². The van der Waals surface area contributed by atoms with E-state index < -0.39 is 0 Å². The van der Waals surface area contributed by atoms with Crippen LogP contribution in [0.1, 0.15) is 46.0 Å². The number of likely N-dealkylation sites (N-methyl/N-ethyl adjacent to an activating group) is 1. The lowest BCUT2D eigenvalue weighted by Crippen LogP contribution is -2.42. The van der Waals surface area contributed by atoms with Crippen LogP contribution in [-0.4, -0.2) is 50.1 Å². The molecule has 1 saturated carbocycles. The first-order valence-electron chi connectivity index (χ1n) is 7.50. The summed E-state index contributed by atoms with van der Waals surface area (Å²) in [4.78, 5) is 6.80. The van der Waals surface area contributed by atoms with Crippen molar-refractivity contribution >= 4 is 5.96 Å². The predicted octanol–water partition coefficient (Wildman–Crippen LogP) is 1.83. The van der Waals surface area contributed by atoms with Crippen LogP contribution in [0.2, 0.25) is 0 Å². The lowest BCUT2D eigenvalue weighted by molar-refractivity contribution is 0.282. The molecule has 0 aromatic heterocycles. The van der Waals surface area contributed by atoms with Gasteiger partial charge in [-0.05, 0) is 25.8 Å². The lowest BCUT2D eigenvalue weighted by Gasteiger charge is -2.20. The summed E-state index contributed by atoms with van der Waals surface area (Å²) >= 11 is 0. The standard InChI is InChI=1S/C14H30N4/c1-4-6-7-10-16-14(15-3)17-11-12-18(5-2)13-8-9-13/h13H,4-12H2,1-3H3,(H2,15,16,17). The highest BCUT2D eigenvalue weighted by atomic mass is 15.2. The molecular weight excluding hydrogens is 224 g/mol. The number of aliphatic imine (C=N–C) groups is 1. The summed E-state index contributed by atoms with van der Waals surface area (Å²) in [6.07, 6.45) is 6.55. The molecule has 1 rings (SSSR count). The van der Waals surface area contributed by atoms with Crippen LogP contribution in [0.25, 0.3) is 0 Å². The zero-order chi connectivity index (χ0) is 13.2. The van der Waals surface area contributed by atoms with Gasteiger partial charge in [0, 0.05) is 32.7 Å². The molecule has 0 spiro atoms. The minimum atomic E-state index is 0.858. The van der Waals surface area contributed by atoms with Gasteiger partial charge in [0.2, 0.25) is 0 Å². The normalized spacial score (nSPS) is 16.1. The van der Waals surface area contributed by atoms with Gasteiger partial charge in [-0.3, -0.25) is 9.89 Å². The minimum Gasteiger partial charge on any atom is -0.356 e. The molecular formula is C14H30N4. The molecule has 2 N–H and O–H groups in total. The average molecular weight is 254 g/mol. The van der Waals surface area contributed by atoms with Crippen LogP contribution >= 0.6 is 0 Å². The van der Waals surface area contributed by atoms with Crippen LogP contribution in [-0.2, 0) is 0 Å². The summed E-state index contributed by atoms with van der Waals surface area (Å²) in [6.45, 7) is 8.76. The molecule has 0 aliphatic heterocycles. The van der Waals surface area contributed by atoms with Gasteiger partial charge in [0.1, 0.15) is 0 Å². The number of unbranched alkanes of at least 4 members (excludes halogenated alkanes) is 2. The molecule has 0 aromatic rings. The number of hydrogen-bond acceptors (Lipinski definition) is 2. The van der Waals surface area contributed by atoms with Gasteiger partial charge in [-0.1, -0.05) is 26.7 Å². The molecule has 0 atom stereocenters. The summed E-state index contributed by atoms with van der Waals surface area (Å²) in [5.41, 5.74) is 0. The first-order chi connectivity index (χ1) is 8.81. The third-order valence-electron chi connectivity index (χ3n) is 3.46. The monoisotopic (exact) mass is 254 g/mol. The maximum absolute atomic E-state index is 4.24. The quantitative estimate of drug-likeness (QED) is 0.375. The van der Waals surface area contributed by atoms with Gasteiger partial charge >= 0.3 is 0 Å². The van der Waals surface area contributed by atoms with Crippen molar-refractivity contribution in [3.63, 3.8) is 0 Å². The molecule has 0 heterocycles. The van der Waals surface area contributed by atoms with Crippen molar-refractivity contribution in [2.45, 2.75) is 52.0 Å². The number of guanidine groups is 1. The van der Waals surface area contributed by atoms with E-state index >= 15 is 0 Å². The van der Waals surface area contributed by atoms with Gasteiger partial charge in [-0.2, -0.15) is 0 Å². The van der Waals surface area contributed by atoms with E-state index in [2.05, 4.69) is 34.4 Å². The third-order valence-corrected chi connectivity index (χ3v) is 3.46. The molecule has 0 amide bonds. The maximum Gasteiger partial charge on any atom is 0.191 e. The van der Waals surface area contributed by atoms with Gasteiger partial charge in [0.05, 0.1) is 0 Å². The summed E-state index contributed by atoms with van der Waals surface area (Å²) in [6, 6.07) is 0.858. The number of nitrogens with one attached hydrogen (secondary N) is 2. The Morgan fingerprint density at radius 2 is 1.89 bits per heavy atom. The molecule has 106 valence electrons. The Kier molecular flexibility index (Phi) is 7.81. The van der Waals surface area contributed by atoms with E-state index in [4.69, 9.17) is 0 Å². The molecule has 1 fully saturated rings. The predicted molar refractivity (Wildman–Crippen MR) is 79.2 cm³/mol. The van der Waals surface area contributed by atoms with E-state index in [9.17, 15) is 0 Å². The van der Waals surface area contributed by atoms with Gasteiger partial charge in [0.25, 0.3) is 0 Å². The van der Waals surface area contributed by atoms with Crippen molar-refractivity contribution < 1.29 is 0 Å². The smallest absolute Gasteiger partial charge is 0.191 e. The Morgan fingerprint density at radius 1 is 1.17 bits per heavy atom. The van der Waals surface area contributed by atoms with E-state index in [0.717, 1.165) is 38.2 Å². The van der Waals surface area contributed by atoms with Crippen LogP contribution in [0.4, 0.5) is 0 Å². The largest absolute Gasteiger partial charge is 0.356 e. The number of hydrogen-bond donors (Lipinski definition) is 2. The number of rotatable bonds is 9. The van der Waals surface area contributed by atoms with Crippen LogP contribution in [0, 0.1) is 0 Å². The van der Waals surface area contributed by atoms with Crippen LogP contribution in [0.5, 0.6) is 0 Å². The second-order valence-electron chi connectivity index (χ2n) is 4.99. The van der Waals surface area contributed by atoms with E-state index in [0.29, 0.717) is 0 Å². The second-order valence-corrected chi connectivity index (χ2v) is 4.99. The van der Waals surface area contributed by atoms with Gasteiger partial charge in [-0.25, -0.2) is 0 Å². The highest BCUT2D eigenvalue weighted by Crippen LogP contribution is 2.25. The molecule has 18 heavy (non-hydrogen) atoms. The fourth-order valence-corrected chi connectivity index (χ4v) is 2.16. The van der Waals surface area contributed by atoms with Crippen LogP contribution in [0.3, 0.4) is 0 Å². The third kappa shape index (κ3) is 6.24. The van der Waals surface area contributed by atoms with Crippen molar-refractivity contribution in [1.29, 1.82) is 0 Å². The zero-order valence-corrected chi connectivity index (χ0v) is 12.3. The van der Waals surface area contributed by atoms with Crippen LogP contribution in [0.15, 0.2) is 4.99 Å². The summed E-state index contributed by atoms with van der Waals surface area (Å²) in [5.74, 6) is 0.943. The maximum atomic E-state index is 4.24. The van der Waals surface area contributed by atoms with Gasteiger partial charge in [-0.15, -0.1) is 0 Å². The van der Waals surface area contributed by atoms with Crippen molar-refractivity contribution in [2.24, 2.45) is 4.99 Å². The SMILES string of the molecule is CCCCCNC(=NC)NCCN(CC)C1CC1. The Bertz CT molecular complexity index is 236. The highest BCUT2D eigenvalue weighted by Gasteiger charge is 2.27. The molecule has 0 aromatic carbocycles. The molecule has 1 aliphatic rings. The zero-order valence-electron chi connectivity index (χ0n) is 12.3. The first-order valence-corrected chi connectivity index (χ1v) is 7.50. The summed E-state index contributed by atoms with van der Waals surface area (Å²) in [7, 11) is 1.84. The summed E-state index contributed by atoms with van der Waals surface area (Å²) in [5, 5.41) is 6.75. The topological polar surface area (TPSA) is 39.7 Å². The van der Waals surface area contributed by atoms with E-state index in [1.165, 1.54) is 32.1 Å². The Labute approximate surface area is 112 Å². The van der Waals surface area contributed by atoms with Gasteiger partial charge < -0.3 is 10.6 Å². The van der Waals surface area contributed by atoms with E-state index in [-0.39, 0.29) is 0 Å². The molecule has 1 aliphatic carbocycles. The number of nitrogens with zero attached hydrogens (tertiary/aromatic N) is 2. The van der Waals surface area contributed by atoms with Gasteiger partial charge in [0.15, 0.2) is 5.96 Å². The summed E-state index contributed by atoms with van der Waals surface area (Å²) < 4.78 is 0. The van der Waals surface area contributed by atoms with Crippen molar-refractivity contribution in [3.8, 4) is 0 Å². The lowest BCUT2D eigenvalue weighted by atomic mass is 10.2. The van der Waals surface area contributed by atoms with E-state index in [1.54, 1.807) is 0 Å². The fraction of sp³-hybridized carbons (Fsp3) is 0.929. The minimum absolute atomic E-state index is 0.858. The first kappa shape index (κ1) is 15.3. The fourth-order valence-electron chi connectivity index (χ4n) is 2.16. The Balaban J connectivity index is 2.07. The van der Waals surface area contributed by atoms with Crippen molar-refractivity contribution in [2.75, 3.05) is 33.2 Å². The molecule has 4 heteroatoms. The van der Waals surface area contributed by atoms with E-state index in [1.807, 2.05) is 7.05 Å². The molecule has 0 unspecified atom stereocenters. The molecule has 0 saturated heterocycles. The highest BCUT2D eigenvalue weighted by molar-refractivity contribution is 5.79. The Morgan fingerprint density at radius 3 is 2.44 bits per heavy atom. The Hall–Kier alpha value is -0.770. The second kappa shape index (κ2) is 9.20. The molecule has 0 bridgehead atoms. The van der Waals surface area contributed by atoms with Crippen LogP contribution < -0.4 is 10.6 Å². The van der Waals surface area contributed by atoms with Crippen molar-refractivity contribution in [1.82, 2.24) is 15.5 Å². The molecule has 4 nitrogen and oxygen atoms in total. The average Bonchev–Trinajstić information content (AvgIpc) is 3.21. The molecule has 0 radical (unpaired) electrons.